The Hall–Kier alpha value is -1.68. The lowest BCUT2D eigenvalue weighted by molar-refractivity contribution is 0.0736. The van der Waals surface area contributed by atoms with Crippen LogP contribution in [0.2, 0.25) is 0 Å². The van der Waals surface area contributed by atoms with Gasteiger partial charge >= 0.3 is 0 Å². The second-order valence-electron chi connectivity index (χ2n) is 5.37. The van der Waals surface area contributed by atoms with E-state index in [0.29, 0.717) is 12.2 Å². The average molecular weight is 259 g/mol. The van der Waals surface area contributed by atoms with Gasteiger partial charge in [-0.2, -0.15) is 5.10 Å². The molecule has 0 amide bonds. The van der Waals surface area contributed by atoms with Gasteiger partial charge in [0.1, 0.15) is 5.60 Å². The molecule has 4 nitrogen and oxygen atoms in total. The molecule has 0 radical (unpaired) electrons. The second kappa shape index (κ2) is 5.53. The van der Waals surface area contributed by atoms with Crippen molar-refractivity contribution in [2.45, 2.75) is 45.8 Å². The number of rotatable bonds is 5. The van der Waals surface area contributed by atoms with Crippen LogP contribution in [0.25, 0.3) is 0 Å². The summed E-state index contributed by atoms with van der Waals surface area (Å²) in [6.45, 7) is 6.28. The van der Waals surface area contributed by atoms with Crippen LogP contribution in [0.5, 0.6) is 0 Å². The van der Waals surface area contributed by atoms with E-state index in [1.54, 1.807) is 13.8 Å². The number of aromatic nitrogens is 3. The molecular formula is C15H21N3O. The summed E-state index contributed by atoms with van der Waals surface area (Å²) in [5.41, 5.74) is 1.94. The fourth-order valence-corrected chi connectivity index (χ4v) is 1.98. The Labute approximate surface area is 114 Å². The summed E-state index contributed by atoms with van der Waals surface area (Å²) in [5, 5.41) is 14.3. The van der Waals surface area contributed by atoms with Gasteiger partial charge in [0.05, 0.1) is 24.1 Å². The molecule has 2 rings (SSSR count). The van der Waals surface area contributed by atoms with Crippen molar-refractivity contribution in [1.29, 1.82) is 0 Å². The van der Waals surface area contributed by atoms with Crippen molar-refractivity contribution in [3.05, 3.63) is 47.5 Å². The van der Waals surface area contributed by atoms with Crippen molar-refractivity contribution in [1.82, 2.24) is 14.8 Å². The first kappa shape index (κ1) is 13.7. The van der Waals surface area contributed by atoms with E-state index >= 15 is 0 Å². The van der Waals surface area contributed by atoms with Gasteiger partial charge in [-0.15, -0.1) is 0 Å². The number of pyridine rings is 1. The lowest BCUT2D eigenvalue weighted by Gasteiger charge is -2.17. The summed E-state index contributed by atoms with van der Waals surface area (Å²) < 4.78 is 1.89. The molecule has 2 aromatic heterocycles. The van der Waals surface area contributed by atoms with Gasteiger partial charge in [-0.05, 0) is 38.0 Å². The zero-order valence-corrected chi connectivity index (χ0v) is 11.8. The van der Waals surface area contributed by atoms with E-state index in [9.17, 15) is 5.11 Å². The van der Waals surface area contributed by atoms with E-state index < -0.39 is 5.60 Å². The Morgan fingerprint density at radius 3 is 2.79 bits per heavy atom. The van der Waals surface area contributed by atoms with Crippen molar-refractivity contribution in [3.63, 3.8) is 0 Å². The van der Waals surface area contributed by atoms with Gasteiger partial charge in [0.25, 0.3) is 0 Å². The minimum Gasteiger partial charge on any atom is -0.384 e. The lowest BCUT2D eigenvalue weighted by atomic mass is 10.0. The molecule has 19 heavy (non-hydrogen) atoms. The molecular weight excluding hydrogens is 238 g/mol. The van der Waals surface area contributed by atoms with Gasteiger partial charge in [0.2, 0.25) is 0 Å². The van der Waals surface area contributed by atoms with Crippen LogP contribution in [0.1, 0.15) is 44.1 Å². The highest BCUT2D eigenvalue weighted by Crippen LogP contribution is 2.17. The van der Waals surface area contributed by atoms with Crippen LogP contribution in [0.4, 0.5) is 0 Å². The number of hydrogen-bond acceptors (Lipinski definition) is 3. The number of hydrogen-bond donors (Lipinski definition) is 1. The normalized spacial score (nSPS) is 11.8. The molecule has 0 saturated carbocycles. The zero-order chi connectivity index (χ0) is 13.9. The zero-order valence-electron chi connectivity index (χ0n) is 11.8. The molecule has 0 aliphatic heterocycles. The third-order valence-electron chi connectivity index (χ3n) is 2.98. The van der Waals surface area contributed by atoms with Gasteiger partial charge in [0.15, 0.2) is 0 Å². The SMILES string of the molecule is CCCc1cnn(Cc2cccc(C(C)(C)O)n2)c1. The fourth-order valence-electron chi connectivity index (χ4n) is 1.98. The largest absolute Gasteiger partial charge is 0.384 e. The molecule has 0 aliphatic rings. The maximum Gasteiger partial charge on any atom is 0.101 e. The van der Waals surface area contributed by atoms with E-state index in [0.717, 1.165) is 18.5 Å². The number of nitrogens with zero attached hydrogens (tertiary/aromatic N) is 3. The quantitative estimate of drug-likeness (QED) is 0.897. The molecule has 1 N–H and O–H groups in total. The summed E-state index contributed by atoms with van der Waals surface area (Å²) in [4.78, 5) is 4.48. The molecule has 0 unspecified atom stereocenters. The molecule has 0 aliphatic carbocycles. The van der Waals surface area contributed by atoms with Crippen molar-refractivity contribution in [2.24, 2.45) is 0 Å². The van der Waals surface area contributed by atoms with Crippen LogP contribution in [-0.4, -0.2) is 19.9 Å². The molecule has 0 fully saturated rings. The van der Waals surface area contributed by atoms with Gasteiger partial charge in [-0.3, -0.25) is 9.67 Å². The van der Waals surface area contributed by atoms with Crippen LogP contribution in [0.15, 0.2) is 30.6 Å². The number of aliphatic hydroxyl groups is 1. The van der Waals surface area contributed by atoms with Crippen molar-refractivity contribution in [2.75, 3.05) is 0 Å². The summed E-state index contributed by atoms with van der Waals surface area (Å²) in [5.74, 6) is 0. The van der Waals surface area contributed by atoms with E-state index in [1.807, 2.05) is 29.1 Å². The molecule has 0 saturated heterocycles. The fraction of sp³-hybridized carbons (Fsp3) is 0.467. The second-order valence-corrected chi connectivity index (χ2v) is 5.37. The molecule has 0 bridgehead atoms. The highest BCUT2D eigenvalue weighted by atomic mass is 16.3. The molecule has 2 aromatic rings. The van der Waals surface area contributed by atoms with Crippen LogP contribution >= 0.6 is 0 Å². The van der Waals surface area contributed by atoms with Gasteiger partial charge < -0.3 is 5.11 Å². The summed E-state index contributed by atoms with van der Waals surface area (Å²) in [7, 11) is 0. The first-order valence-corrected chi connectivity index (χ1v) is 6.69. The van der Waals surface area contributed by atoms with Crippen molar-refractivity contribution in [3.8, 4) is 0 Å². The third-order valence-corrected chi connectivity index (χ3v) is 2.98. The smallest absolute Gasteiger partial charge is 0.101 e. The standard InChI is InChI=1S/C15H21N3O/c1-4-6-12-9-16-18(10-12)11-13-7-5-8-14(17-13)15(2,3)19/h5,7-10,19H,4,6,11H2,1-3H3. The molecule has 0 atom stereocenters. The van der Waals surface area contributed by atoms with Crippen LogP contribution in [0, 0.1) is 0 Å². The molecule has 0 spiro atoms. The highest BCUT2D eigenvalue weighted by Gasteiger charge is 2.17. The summed E-state index contributed by atoms with van der Waals surface area (Å²) in [6.07, 6.45) is 6.14. The van der Waals surface area contributed by atoms with Crippen LogP contribution in [-0.2, 0) is 18.6 Å². The van der Waals surface area contributed by atoms with Crippen LogP contribution in [0.3, 0.4) is 0 Å². The number of aryl methyl sites for hydroxylation is 1. The Morgan fingerprint density at radius 1 is 1.32 bits per heavy atom. The van der Waals surface area contributed by atoms with Crippen molar-refractivity contribution >= 4 is 0 Å². The average Bonchev–Trinajstić information content (AvgIpc) is 2.76. The predicted octanol–water partition coefficient (Wildman–Crippen LogP) is 2.51. The summed E-state index contributed by atoms with van der Waals surface area (Å²) in [6, 6.07) is 5.72. The van der Waals surface area contributed by atoms with Gasteiger partial charge in [-0.1, -0.05) is 19.4 Å². The maximum absolute atomic E-state index is 9.97. The van der Waals surface area contributed by atoms with E-state index in [2.05, 4.69) is 23.2 Å². The minimum atomic E-state index is -0.909. The topological polar surface area (TPSA) is 50.9 Å². The maximum atomic E-state index is 9.97. The minimum absolute atomic E-state index is 0.633. The molecule has 4 heteroatoms. The van der Waals surface area contributed by atoms with Gasteiger partial charge in [0, 0.05) is 6.20 Å². The Bertz CT molecular complexity index is 540. The van der Waals surface area contributed by atoms with Crippen LogP contribution < -0.4 is 0 Å². The van der Waals surface area contributed by atoms with E-state index in [1.165, 1.54) is 5.56 Å². The summed E-state index contributed by atoms with van der Waals surface area (Å²) >= 11 is 0. The Balaban J connectivity index is 2.14. The Kier molecular flexibility index (Phi) is 4.00. The monoisotopic (exact) mass is 259 g/mol. The van der Waals surface area contributed by atoms with E-state index in [4.69, 9.17) is 0 Å². The molecule has 2 heterocycles. The molecule has 102 valence electrons. The Morgan fingerprint density at radius 2 is 2.11 bits per heavy atom. The van der Waals surface area contributed by atoms with Crippen molar-refractivity contribution < 1.29 is 5.11 Å². The van der Waals surface area contributed by atoms with Gasteiger partial charge in [-0.25, -0.2) is 0 Å². The first-order valence-electron chi connectivity index (χ1n) is 6.69. The van der Waals surface area contributed by atoms with E-state index in [-0.39, 0.29) is 0 Å². The predicted molar refractivity (Wildman–Crippen MR) is 74.8 cm³/mol. The first-order chi connectivity index (χ1) is 8.99. The third kappa shape index (κ3) is 3.64. The highest BCUT2D eigenvalue weighted by molar-refractivity contribution is 5.16. The lowest BCUT2D eigenvalue weighted by Crippen LogP contribution is -2.18. The molecule has 0 aromatic carbocycles.